The van der Waals surface area contributed by atoms with Gasteiger partial charge in [0.15, 0.2) is 8.32 Å². The summed E-state index contributed by atoms with van der Waals surface area (Å²) < 4.78 is 11.6. The maximum Gasteiger partial charge on any atom is 0.192 e. The van der Waals surface area contributed by atoms with Gasteiger partial charge < -0.3 is 14.3 Å². The van der Waals surface area contributed by atoms with E-state index in [2.05, 4.69) is 33.9 Å². The van der Waals surface area contributed by atoms with Crippen LogP contribution in [0.5, 0.6) is 5.75 Å². The fourth-order valence-electron chi connectivity index (χ4n) is 1.77. The molecule has 1 atom stereocenters. The maximum atomic E-state index is 9.68. The summed E-state index contributed by atoms with van der Waals surface area (Å²) >= 11 is 0. The van der Waals surface area contributed by atoms with Crippen LogP contribution in [0.15, 0.2) is 24.3 Å². The Kier molecular flexibility index (Phi) is 5.80. The molecule has 114 valence electrons. The quantitative estimate of drug-likeness (QED) is 0.812. The monoisotopic (exact) mass is 296 g/mol. The zero-order valence-electron chi connectivity index (χ0n) is 13.6. The van der Waals surface area contributed by atoms with E-state index >= 15 is 0 Å². The zero-order chi connectivity index (χ0) is 15.4. The van der Waals surface area contributed by atoms with Gasteiger partial charge in [0.25, 0.3) is 0 Å². The van der Waals surface area contributed by atoms with Crippen molar-refractivity contribution in [2.24, 2.45) is 0 Å². The Labute approximate surface area is 124 Å². The smallest absolute Gasteiger partial charge is 0.192 e. The molecule has 3 nitrogen and oxygen atoms in total. The van der Waals surface area contributed by atoms with E-state index in [1.54, 1.807) is 7.11 Å². The summed E-state index contributed by atoms with van der Waals surface area (Å²) in [7, 11) is -0.142. The third-order valence-corrected chi connectivity index (χ3v) is 8.75. The van der Waals surface area contributed by atoms with Crippen molar-refractivity contribution in [2.75, 3.05) is 20.3 Å². The molecule has 0 aromatic heterocycles. The number of methoxy groups -OCH3 is 1. The van der Waals surface area contributed by atoms with E-state index in [1.807, 2.05) is 24.3 Å². The second-order valence-corrected chi connectivity index (χ2v) is 11.5. The van der Waals surface area contributed by atoms with Crippen molar-refractivity contribution in [1.82, 2.24) is 0 Å². The van der Waals surface area contributed by atoms with E-state index in [9.17, 15) is 5.11 Å². The summed E-state index contributed by atoms with van der Waals surface area (Å²) in [6.45, 7) is 11.7. The molecule has 1 rings (SSSR count). The highest BCUT2D eigenvalue weighted by Crippen LogP contribution is 2.37. The van der Waals surface area contributed by atoms with E-state index in [0.717, 1.165) is 11.3 Å². The topological polar surface area (TPSA) is 38.7 Å². The maximum absolute atomic E-state index is 9.68. The molecule has 0 aliphatic heterocycles. The van der Waals surface area contributed by atoms with Crippen LogP contribution in [0.1, 0.15) is 32.3 Å². The second-order valence-electron chi connectivity index (χ2n) is 6.69. The van der Waals surface area contributed by atoms with Crippen LogP contribution in [-0.2, 0) is 4.43 Å². The van der Waals surface area contributed by atoms with Crippen LogP contribution in [0.3, 0.4) is 0 Å². The third-order valence-electron chi connectivity index (χ3n) is 4.25. The SMILES string of the molecule is COc1ccccc1C(CO)CO[Si](C)(C)C(C)(C)C. The number of benzene rings is 1. The summed E-state index contributed by atoms with van der Waals surface area (Å²) in [5.41, 5.74) is 1.01. The van der Waals surface area contributed by atoms with Crippen molar-refractivity contribution in [3.8, 4) is 5.75 Å². The van der Waals surface area contributed by atoms with Crippen molar-refractivity contribution in [2.45, 2.75) is 44.8 Å². The number of aliphatic hydroxyl groups is 1. The highest BCUT2D eigenvalue weighted by Gasteiger charge is 2.37. The molecule has 0 aliphatic carbocycles. The Hall–Kier alpha value is -0.843. The molecule has 0 aliphatic rings. The molecule has 0 spiro atoms. The predicted octanol–water partition coefficient (Wildman–Crippen LogP) is 3.79. The van der Waals surface area contributed by atoms with Gasteiger partial charge in [-0.3, -0.25) is 0 Å². The molecule has 0 amide bonds. The third kappa shape index (κ3) is 4.07. The minimum Gasteiger partial charge on any atom is -0.496 e. The van der Waals surface area contributed by atoms with Crippen LogP contribution in [0.2, 0.25) is 18.1 Å². The van der Waals surface area contributed by atoms with Gasteiger partial charge in [-0.05, 0) is 24.2 Å². The molecule has 1 aromatic carbocycles. The predicted molar refractivity (Wildman–Crippen MR) is 86.0 cm³/mol. The summed E-state index contributed by atoms with van der Waals surface area (Å²) in [6, 6.07) is 7.82. The normalized spacial score (nSPS) is 14.2. The van der Waals surface area contributed by atoms with Crippen molar-refractivity contribution in [1.29, 1.82) is 0 Å². The van der Waals surface area contributed by atoms with Crippen LogP contribution < -0.4 is 4.74 Å². The number of ether oxygens (including phenoxy) is 1. The molecule has 4 heteroatoms. The zero-order valence-corrected chi connectivity index (χ0v) is 14.6. The van der Waals surface area contributed by atoms with E-state index < -0.39 is 8.32 Å². The molecular formula is C16H28O3Si. The molecule has 1 N–H and O–H groups in total. The van der Waals surface area contributed by atoms with Crippen LogP contribution in [0, 0.1) is 0 Å². The Bertz CT molecular complexity index is 424. The number of aliphatic hydroxyl groups excluding tert-OH is 1. The molecular weight excluding hydrogens is 268 g/mol. The van der Waals surface area contributed by atoms with Crippen LogP contribution in [0.25, 0.3) is 0 Å². The van der Waals surface area contributed by atoms with Gasteiger partial charge in [0.05, 0.1) is 13.7 Å². The van der Waals surface area contributed by atoms with Crippen molar-refractivity contribution < 1.29 is 14.3 Å². The van der Waals surface area contributed by atoms with Gasteiger partial charge in [0.1, 0.15) is 5.75 Å². The average molecular weight is 296 g/mol. The molecule has 0 saturated heterocycles. The molecule has 0 radical (unpaired) electrons. The van der Waals surface area contributed by atoms with E-state index in [4.69, 9.17) is 9.16 Å². The summed E-state index contributed by atoms with van der Waals surface area (Å²) in [5, 5.41) is 9.85. The van der Waals surface area contributed by atoms with Crippen LogP contribution in [0.4, 0.5) is 0 Å². The van der Waals surface area contributed by atoms with Gasteiger partial charge in [0.2, 0.25) is 0 Å². The number of para-hydroxylation sites is 1. The highest BCUT2D eigenvalue weighted by atomic mass is 28.4. The minimum absolute atomic E-state index is 0.0414. The van der Waals surface area contributed by atoms with Gasteiger partial charge in [-0.15, -0.1) is 0 Å². The van der Waals surface area contributed by atoms with Crippen molar-refractivity contribution in [3.05, 3.63) is 29.8 Å². The number of rotatable bonds is 6. The molecule has 0 heterocycles. The Morgan fingerprint density at radius 2 is 1.80 bits per heavy atom. The lowest BCUT2D eigenvalue weighted by Crippen LogP contribution is -2.42. The van der Waals surface area contributed by atoms with Gasteiger partial charge in [0, 0.05) is 18.1 Å². The molecule has 20 heavy (non-hydrogen) atoms. The Balaban J connectivity index is 2.83. The van der Waals surface area contributed by atoms with E-state index in [-0.39, 0.29) is 17.6 Å². The second kappa shape index (κ2) is 6.74. The summed E-state index contributed by atoms with van der Waals surface area (Å²) in [4.78, 5) is 0. The van der Waals surface area contributed by atoms with Crippen LogP contribution in [-0.4, -0.2) is 33.7 Å². The van der Waals surface area contributed by atoms with E-state index in [1.165, 1.54) is 0 Å². The molecule has 1 aromatic rings. The lowest BCUT2D eigenvalue weighted by molar-refractivity contribution is 0.192. The van der Waals surface area contributed by atoms with Gasteiger partial charge >= 0.3 is 0 Å². The van der Waals surface area contributed by atoms with Gasteiger partial charge in [-0.25, -0.2) is 0 Å². The number of hydrogen-bond donors (Lipinski definition) is 1. The first kappa shape index (κ1) is 17.2. The highest BCUT2D eigenvalue weighted by molar-refractivity contribution is 6.74. The average Bonchev–Trinajstić information content (AvgIpc) is 2.38. The standard InChI is InChI=1S/C16H28O3Si/c1-16(2,3)20(5,6)19-12-13(11-17)14-9-7-8-10-15(14)18-4/h7-10,13,17H,11-12H2,1-6H3. The van der Waals surface area contributed by atoms with Gasteiger partial charge in [-0.2, -0.15) is 0 Å². The fraction of sp³-hybridized carbons (Fsp3) is 0.625. The van der Waals surface area contributed by atoms with Gasteiger partial charge in [-0.1, -0.05) is 39.0 Å². The van der Waals surface area contributed by atoms with E-state index in [0.29, 0.717) is 6.61 Å². The molecule has 0 fully saturated rings. The first-order chi connectivity index (χ1) is 9.23. The van der Waals surface area contributed by atoms with Crippen molar-refractivity contribution >= 4 is 8.32 Å². The molecule has 0 saturated carbocycles. The lowest BCUT2D eigenvalue weighted by atomic mass is 10.00. The van der Waals surface area contributed by atoms with Crippen LogP contribution >= 0.6 is 0 Å². The fourth-order valence-corrected chi connectivity index (χ4v) is 2.82. The largest absolute Gasteiger partial charge is 0.496 e. The molecule has 1 unspecified atom stereocenters. The summed E-state index contributed by atoms with van der Waals surface area (Å²) in [6.07, 6.45) is 0. The Morgan fingerprint density at radius 3 is 2.30 bits per heavy atom. The first-order valence-electron chi connectivity index (χ1n) is 7.10. The minimum atomic E-state index is -1.80. The van der Waals surface area contributed by atoms with Crippen molar-refractivity contribution in [3.63, 3.8) is 0 Å². The number of hydrogen-bond acceptors (Lipinski definition) is 3. The molecule has 0 bridgehead atoms. The first-order valence-corrected chi connectivity index (χ1v) is 10.0. The lowest BCUT2D eigenvalue weighted by Gasteiger charge is -2.37. The summed E-state index contributed by atoms with van der Waals surface area (Å²) in [5.74, 6) is 0.769. The Morgan fingerprint density at radius 1 is 1.20 bits per heavy atom.